The molecule has 1 saturated carbocycles. The molecule has 5 nitrogen and oxygen atoms in total. The summed E-state index contributed by atoms with van der Waals surface area (Å²) in [5.74, 6) is 1.06. The van der Waals surface area contributed by atoms with Gasteiger partial charge in [-0.2, -0.15) is 0 Å². The minimum Gasteiger partial charge on any atom is -0.371 e. The lowest BCUT2D eigenvalue weighted by Crippen LogP contribution is -2.36. The number of rotatable bonds is 4. The predicted octanol–water partition coefficient (Wildman–Crippen LogP) is 3.89. The summed E-state index contributed by atoms with van der Waals surface area (Å²) < 4.78 is 1.80. The van der Waals surface area contributed by atoms with Gasteiger partial charge in [0.2, 0.25) is 0 Å². The first-order chi connectivity index (χ1) is 13.7. The molecular weight excluding hydrogens is 348 g/mol. The second kappa shape index (κ2) is 7.04. The molecule has 3 aromatic rings. The molecule has 5 rings (SSSR count). The fourth-order valence-electron chi connectivity index (χ4n) is 4.36. The van der Waals surface area contributed by atoms with Gasteiger partial charge in [-0.05, 0) is 50.7 Å². The number of fused-ring (bicyclic) bond motifs is 1. The van der Waals surface area contributed by atoms with Crippen LogP contribution in [0.3, 0.4) is 0 Å². The second-order valence-corrected chi connectivity index (χ2v) is 8.31. The molecule has 0 atom stereocenters. The Morgan fingerprint density at radius 1 is 1.07 bits per heavy atom. The molecule has 0 unspecified atom stereocenters. The Morgan fingerprint density at radius 3 is 2.61 bits per heavy atom. The van der Waals surface area contributed by atoms with Crippen LogP contribution in [0.5, 0.6) is 0 Å². The number of hydrogen-bond donors (Lipinski definition) is 0. The van der Waals surface area contributed by atoms with Crippen LogP contribution in [-0.4, -0.2) is 27.6 Å². The van der Waals surface area contributed by atoms with Crippen LogP contribution >= 0.6 is 0 Å². The SMILES string of the molecule is Cc1cc(N2CCC(Cn3cnc(C4CC4)cc3=O)CC2)c2ccccc2n1. The van der Waals surface area contributed by atoms with Gasteiger partial charge in [-0.3, -0.25) is 14.3 Å². The van der Waals surface area contributed by atoms with Crippen LogP contribution in [-0.2, 0) is 6.54 Å². The average molecular weight is 374 g/mol. The molecule has 1 saturated heterocycles. The molecule has 0 bridgehead atoms. The van der Waals surface area contributed by atoms with Crippen molar-refractivity contribution in [3.63, 3.8) is 0 Å². The van der Waals surface area contributed by atoms with Crippen molar-refractivity contribution in [1.29, 1.82) is 0 Å². The molecule has 144 valence electrons. The van der Waals surface area contributed by atoms with E-state index in [-0.39, 0.29) is 5.56 Å². The fraction of sp³-hybridized carbons (Fsp3) is 0.435. The first kappa shape index (κ1) is 17.4. The molecule has 0 spiro atoms. The molecule has 5 heteroatoms. The number of pyridine rings is 1. The highest BCUT2D eigenvalue weighted by Gasteiger charge is 2.26. The summed E-state index contributed by atoms with van der Waals surface area (Å²) in [4.78, 5) is 24.1. The number of aromatic nitrogens is 3. The summed E-state index contributed by atoms with van der Waals surface area (Å²) in [7, 11) is 0. The lowest BCUT2D eigenvalue weighted by molar-refractivity contribution is 0.351. The van der Waals surface area contributed by atoms with Gasteiger partial charge in [-0.15, -0.1) is 0 Å². The van der Waals surface area contributed by atoms with Crippen molar-refractivity contribution in [2.24, 2.45) is 5.92 Å². The molecular formula is C23H26N4O. The Morgan fingerprint density at radius 2 is 1.86 bits per heavy atom. The molecule has 1 aromatic carbocycles. The third-order valence-electron chi connectivity index (χ3n) is 6.13. The Labute approximate surface area is 165 Å². The van der Waals surface area contributed by atoms with Crippen molar-refractivity contribution in [3.8, 4) is 0 Å². The van der Waals surface area contributed by atoms with E-state index in [4.69, 9.17) is 0 Å². The highest BCUT2D eigenvalue weighted by molar-refractivity contribution is 5.92. The number of benzene rings is 1. The topological polar surface area (TPSA) is 51.0 Å². The Bertz CT molecular complexity index is 1060. The van der Waals surface area contributed by atoms with Crippen molar-refractivity contribution in [1.82, 2.24) is 14.5 Å². The molecule has 3 heterocycles. The lowest BCUT2D eigenvalue weighted by Gasteiger charge is -2.34. The van der Waals surface area contributed by atoms with E-state index in [1.165, 1.54) is 23.9 Å². The van der Waals surface area contributed by atoms with E-state index in [0.717, 1.165) is 49.4 Å². The third kappa shape index (κ3) is 3.41. The average Bonchev–Trinajstić information content (AvgIpc) is 3.55. The van der Waals surface area contributed by atoms with Gasteiger partial charge in [0.15, 0.2) is 0 Å². The van der Waals surface area contributed by atoms with E-state index in [2.05, 4.69) is 46.1 Å². The fourth-order valence-corrected chi connectivity index (χ4v) is 4.36. The van der Waals surface area contributed by atoms with Crippen molar-refractivity contribution < 1.29 is 0 Å². The molecule has 2 aliphatic rings. The van der Waals surface area contributed by atoms with Crippen LogP contribution in [0.25, 0.3) is 10.9 Å². The summed E-state index contributed by atoms with van der Waals surface area (Å²) in [6.45, 7) is 4.87. The maximum atomic E-state index is 12.4. The van der Waals surface area contributed by atoms with E-state index >= 15 is 0 Å². The lowest BCUT2D eigenvalue weighted by atomic mass is 9.95. The number of nitrogens with zero attached hydrogens (tertiary/aromatic N) is 4. The smallest absolute Gasteiger partial charge is 0.253 e. The van der Waals surface area contributed by atoms with Crippen LogP contribution < -0.4 is 10.5 Å². The van der Waals surface area contributed by atoms with Gasteiger partial charge >= 0.3 is 0 Å². The van der Waals surface area contributed by atoms with E-state index in [1.807, 2.05) is 6.07 Å². The van der Waals surface area contributed by atoms with Crippen molar-refractivity contribution >= 4 is 16.6 Å². The quantitative estimate of drug-likeness (QED) is 0.695. The molecule has 0 amide bonds. The minimum atomic E-state index is 0.107. The zero-order chi connectivity index (χ0) is 19.1. The molecule has 1 aliphatic carbocycles. The first-order valence-corrected chi connectivity index (χ1v) is 10.3. The molecule has 2 fully saturated rings. The summed E-state index contributed by atoms with van der Waals surface area (Å²) in [5.41, 5.74) is 4.50. The van der Waals surface area contributed by atoms with Crippen molar-refractivity contribution in [2.75, 3.05) is 18.0 Å². The normalized spacial score (nSPS) is 18.0. The Kier molecular flexibility index (Phi) is 4.38. The van der Waals surface area contributed by atoms with E-state index in [0.29, 0.717) is 11.8 Å². The van der Waals surface area contributed by atoms with Crippen LogP contribution in [0.15, 0.2) is 47.5 Å². The summed E-state index contributed by atoms with van der Waals surface area (Å²) >= 11 is 0. The van der Waals surface area contributed by atoms with Crippen molar-refractivity contribution in [2.45, 2.75) is 45.1 Å². The maximum absolute atomic E-state index is 12.4. The molecule has 0 N–H and O–H groups in total. The van der Waals surface area contributed by atoms with E-state index in [9.17, 15) is 4.79 Å². The van der Waals surface area contributed by atoms with Crippen LogP contribution in [0.1, 0.15) is 43.0 Å². The van der Waals surface area contributed by atoms with Gasteiger partial charge in [-0.25, -0.2) is 4.98 Å². The van der Waals surface area contributed by atoms with Crippen molar-refractivity contribution in [3.05, 3.63) is 64.5 Å². The van der Waals surface area contributed by atoms with Gasteiger partial charge in [0, 0.05) is 48.4 Å². The molecule has 0 radical (unpaired) electrons. The third-order valence-corrected chi connectivity index (χ3v) is 6.13. The Hall–Kier alpha value is -2.69. The number of hydrogen-bond acceptors (Lipinski definition) is 4. The zero-order valence-electron chi connectivity index (χ0n) is 16.3. The summed E-state index contributed by atoms with van der Waals surface area (Å²) in [6, 6.07) is 12.3. The van der Waals surface area contributed by atoms with Gasteiger partial charge in [0.1, 0.15) is 0 Å². The predicted molar refractivity (Wildman–Crippen MR) is 112 cm³/mol. The van der Waals surface area contributed by atoms with E-state index < -0.39 is 0 Å². The van der Waals surface area contributed by atoms with Gasteiger partial charge in [0.05, 0.1) is 17.5 Å². The second-order valence-electron chi connectivity index (χ2n) is 8.31. The highest BCUT2D eigenvalue weighted by atomic mass is 16.1. The van der Waals surface area contributed by atoms with Crippen LogP contribution in [0.2, 0.25) is 0 Å². The van der Waals surface area contributed by atoms with Gasteiger partial charge in [0.25, 0.3) is 5.56 Å². The highest BCUT2D eigenvalue weighted by Crippen LogP contribution is 2.38. The van der Waals surface area contributed by atoms with Gasteiger partial charge < -0.3 is 4.90 Å². The largest absolute Gasteiger partial charge is 0.371 e. The zero-order valence-corrected chi connectivity index (χ0v) is 16.3. The number of piperidine rings is 1. The number of anilines is 1. The number of para-hydroxylation sites is 1. The van der Waals surface area contributed by atoms with Gasteiger partial charge in [-0.1, -0.05) is 18.2 Å². The minimum absolute atomic E-state index is 0.107. The first-order valence-electron chi connectivity index (χ1n) is 10.3. The van der Waals surface area contributed by atoms with Crippen LogP contribution in [0.4, 0.5) is 5.69 Å². The monoisotopic (exact) mass is 374 g/mol. The van der Waals surface area contributed by atoms with Crippen LogP contribution in [0, 0.1) is 12.8 Å². The molecule has 2 aromatic heterocycles. The number of aryl methyl sites for hydroxylation is 1. The standard InChI is InChI=1S/C23H26N4O/c1-16-12-22(19-4-2-3-5-20(19)25-16)26-10-8-17(9-11-26)14-27-15-24-21(13-23(27)28)18-6-7-18/h2-5,12-13,15,17-18H,6-11,14H2,1H3. The molecule has 28 heavy (non-hydrogen) atoms. The molecule has 1 aliphatic heterocycles. The summed E-state index contributed by atoms with van der Waals surface area (Å²) in [6.07, 6.45) is 6.30. The summed E-state index contributed by atoms with van der Waals surface area (Å²) in [5, 5.41) is 1.22. The van der Waals surface area contributed by atoms with E-state index in [1.54, 1.807) is 17.0 Å². The maximum Gasteiger partial charge on any atom is 0.253 e. The Balaban J connectivity index is 1.29.